The minimum Gasteiger partial charge on any atom is -0.349 e. The van der Waals surface area contributed by atoms with Gasteiger partial charge in [-0.15, -0.1) is 0 Å². The van der Waals surface area contributed by atoms with Crippen LogP contribution < -0.4 is 15.8 Å². The Morgan fingerprint density at radius 2 is 2.23 bits per heavy atom. The van der Waals surface area contributed by atoms with E-state index < -0.39 is 0 Å². The number of anilines is 1. The Balaban J connectivity index is 1.58. The molecule has 0 aromatic carbocycles. The number of hydrogen-bond acceptors (Lipinski definition) is 5. The standard InChI is InChI=1S/C15H18N4O2S/c1-10-8-13(20)18-15(16-10)19-5-2-12(3-6-19)17-14(21)11-4-7-22-9-11/h4,7-9,12H,2-3,5-6H2,1H3,(H,17,21)(H,16,18,20). The van der Waals surface area contributed by atoms with Crippen LogP contribution in [0.2, 0.25) is 0 Å². The molecule has 2 aromatic rings. The predicted molar refractivity (Wildman–Crippen MR) is 86.6 cm³/mol. The molecule has 1 amide bonds. The first kappa shape index (κ1) is 14.8. The van der Waals surface area contributed by atoms with Crippen LogP contribution in [0, 0.1) is 6.92 Å². The van der Waals surface area contributed by atoms with Gasteiger partial charge in [0.15, 0.2) is 0 Å². The Kier molecular flexibility index (Phi) is 4.24. The number of thiophene rings is 1. The van der Waals surface area contributed by atoms with E-state index in [-0.39, 0.29) is 17.5 Å². The molecule has 1 fully saturated rings. The summed E-state index contributed by atoms with van der Waals surface area (Å²) >= 11 is 1.52. The average molecular weight is 318 g/mol. The molecule has 0 unspecified atom stereocenters. The Labute approximate surface area is 132 Å². The van der Waals surface area contributed by atoms with E-state index >= 15 is 0 Å². The molecule has 0 spiro atoms. The van der Waals surface area contributed by atoms with Crippen LogP contribution in [0.15, 0.2) is 27.7 Å². The summed E-state index contributed by atoms with van der Waals surface area (Å²) < 4.78 is 0. The molecule has 0 aliphatic carbocycles. The molecule has 1 saturated heterocycles. The third kappa shape index (κ3) is 3.36. The van der Waals surface area contributed by atoms with E-state index in [1.165, 1.54) is 17.4 Å². The van der Waals surface area contributed by atoms with Gasteiger partial charge in [-0.2, -0.15) is 11.3 Å². The highest BCUT2D eigenvalue weighted by Crippen LogP contribution is 2.16. The van der Waals surface area contributed by atoms with Gasteiger partial charge in [-0.1, -0.05) is 0 Å². The zero-order valence-corrected chi connectivity index (χ0v) is 13.2. The molecule has 7 heteroatoms. The minimum absolute atomic E-state index is 0.0122. The lowest BCUT2D eigenvalue weighted by atomic mass is 10.0. The van der Waals surface area contributed by atoms with Crippen LogP contribution in [0.1, 0.15) is 28.9 Å². The Morgan fingerprint density at radius 3 is 2.86 bits per heavy atom. The van der Waals surface area contributed by atoms with Crippen LogP contribution in [0.4, 0.5) is 5.95 Å². The first-order valence-electron chi connectivity index (χ1n) is 7.28. The van der Waals surface area contributed by atoms with Crippen LogP contribution >= 0.6 is 11.3 Å². The summed E-state index contributed by atoms with van der Waals surface area (Å²) in [5.74, 6) is 0.606. The highest BCUT2D eigenvalue weighted by molar-refractivity contribution is 7.08. The number of aryl methyl sites for hydroxylation is 1. The second kappa shape index (κ2) is 6.31. The number of aromatic amines is 1. The molecule has 2 N–H and O–H groups in total. The van der Waals surface area contributed by atoms with Crippen LogP contribution in [0.5, 0.6) is 0 Å². The molecule has 6 nitrogen and oxygen atoms in total. The van der Waals surface area contributed by atoms with Gasteiger partial charge in [0.25, 0.3) is 11.5 Å². The van der Waals surface area contributed by atoms with Crippen molar-refractivity contribution < 1.29 is 4.79 Å². The topological polar surface area (TPSA) is 78.1 Å². The Morgan fingerprint density at radius 1 is 1.45 bits per heavy atom. The van der Waals surface area contributed by atoms with Crippen LogP contribution in [0.25, 0.3) is 0 Å². The molecule has 3 heterocycles. The molecule has 3 rings (SSSR count). The van der Waals surface area contributed by atoms with Crippen molar-refractivity contribution in [1.29, 1.82) is 0 Å². The predicted octanol–water partition coefficient (Wildman–Crippen LogP) is 1.54. The summed E-state index contributed by atoms with van der Waals surface area (Å²) in [6.45, 7) is 3.34. The molecule has 2 aromatic heterocycles. The largest absolute Gasteiger partial charge is 0.349 e. The summed E-state index contributed by atoms with van der Waals surface area (Å²) in [5.41, 5.74) is 1.30. The molecular weight excluding hydrogens is 300 g/mol. The van der Waals surface area contributed by atoms with E-state index in [1.54, 1.807) is 0 Å². The molecule has 22 heavy (non-hydrogen) atoms. The molecule has 0 bridgehead atoms. The van der Waals surface area contributed by atoms with E-state index in [9.17, 15) is 9.59 Å². The van der Waals surface area contributed by atoms with Crippen molar-refractivity contribution in [2.24, 2.45) is 0 Å². The quantitative estimate of drug-likeness (QED) is 0.900. The normalized spacial score (nSPS) is 15.8. The molecular formula is C15H18N4O2S. The Hall–Kier alpha value is -2.15. The number of aromatic nitrogens is 2. The second-order valence-electron chi connectivity index (χ2n) is 5.46. The van der Waals surface area contributed by atoms with E-state index in [2.05, 4.69) is 20.2 Å². The third-order valence-electron chi connectivity index (χ3n) is 3.77. The maximum Gasteiger partial charge on any atom is 0.252 e. The number of nitrogens with zero attached hydrogens (tertiary/aromatic N) is 2. The maximum absolute atomic E-state index is 12.0. The number of piperidine rings is 1. The summed E-state index contributed by atoms with van der Waals surface area (Å²) in [4.78, 5) is 32.7. The van der Waals surface area contributed by atoms with E-state index in [0.29, 0.717) is 11.6 Å². The van der Waals surface area contributed by atoms with Crippen molar-refractivity contribution in [1.82, 2.24) is 15.3 Å². The highest BCUT2D eigenvalue weighted by atomic mass is 32.1. The van der Waals surface area contributed by atoms with Crippen LogP contribution in [-0.4, -0.2) is 35.0 Å². The fourth-order valence-electron chi connectivity index (χ4n) is 2.61. The molecule has 1 aliphatic rings. The van der Waals surface area contributed by atoms with Crippen molar-refractivity contribution in [2.45, 2.75) is 25.8 Å². The minimum atomic E-state index is -0.129. The number of rotatable bonds is 3. The van der Waals surface area contributed by atoms with Crippen molar-refractivity contribution in [3.8, 4) is 0 Å². The molecule has 0 atom stereocenters. The lowest BCUT2D eigenvalue weighted by molar-refractivity contribution is 0.0931. The molecule has 1 aliphatic heterocycles. The van der Waals surface area contributed by atoms with Crippen molar-refractivity contribution in [3.05, 3.63) is 44.5 Å². The van der Waals surface area contributed by atoms with Crippen molar-refractivity contribution >= 4 is 23.2 Å². The monoisotopic (exact) mass is 318 g/mol. The van der Waals surface area contributed by atoms with Gasteiger partial charge in [0.2, 0.25) is 5.95 Å². The first-order chi connectivity index (χ1) is 10.6. The zero-order chi connectivity index (χ0) is 15.5. The zero-order valence-electron chi connectivity index (χ0n) is 12.3. The van der Waals surface area contributed by atoms with Crippen LogP contribution in [0.3, 0.4) is 0 Å². The van der Waals surface area contributed by atoms with Gasteiger partial charge < -0.3 is 10.2 Å². The summed E-state index contributed by atoms with van der Waals surface area (Å²) in [6.07, 6.45) is 1.68. The lowest BCUT2D eigenvalue weighted by Crippen LogP contribution is -2.45. The number of carbonyl (C=O) groups is 1. The van der Waals surface area contributed by atoms with Gasteiger partial charge in [0.1, 0.15) is 0 Å². The fraction of sp³-hybridized carbons (Fsp3) is 0.400. The smallest absolute Gasteiger partial charge is 0.252 e. The van der Waals surface area contributed by atoms with Crippen LogP contribution in [-0.2, 0) is 0 Å². The third-order valence-corrected chi connectivity index (χ3v) is 4.45. The fourth-order valence-corrected chi connectivity index (χ4v) is 3.25. The molecule has 0 saturated carbocycles. The Bertz CT molecular complexity index is 703. The van der Waals surface area contributed by atoms with E-state index in [4.69, 9.17) is 0 Å². The van der Waals surface area contributed by atoms with Crippen molar-refractivity contribution in [3.63, 3.8) is 0 Å². The van der Waals surface area contributed by atoms with E-state index in [1.807, 2.05) is 23.8 Å². The second-order valence-corrected chi connectivity index (χ2v) is 6.24. The summed E-state index contributed by atoms with van der Waals surface area (Å²) in [6, 6.07) is 3.48. The van der Waals surface area contributed by atoms with Gasteiger partial charge in [-0.25, -0.2) is 4.98 Å². The number of hydrogen-bond donors (Lipinski definition) is 2. The van der Waals surface area contributed by atoms with Gasteiger partial charge in [-0.3, -0.25) is 14.6 Å². The summed E-state index contributed by atoms with van der Waals surface area (Å²) in [7, 11) is 0. The first-order valence-corrected chi connectivity index (χ1v) is 8.22. The van der Waals surface area contributed by atoms with Gasteiger partial charge in [0.05, 0.1) is 0 Å². The average Bonchev–Trinajstić information content (AvgIpc) is 3.01. The van der Waals surface area contributed by atoms with Gasteiger partial charge in [0, 0.05) is 41.8 Å². The number of nitrogens with one attached hydrogen (secondary N) is 2. The van der Waals surface area contributed by atoms with Gasteiger partial charge >= 0.3 is 0 Å². The number of H-pyrrole nitrogens is 1. The molecule has 0 radical (unpaired) electrons. The van der Waals surface area contributed by atoms with E-state index in [0.717, 1.165) is 31.5 Å². The van der Waals surface area contributed by atoms with Gasteiger partial charge in [-0.05, 0) is 31.2 Å². The maximum atomic E-state index is 12.0. The van der Waals surface area contributed by atoms with Crippen molar-refractivity contribution in [2.75, 3.05) is 18.0 Å². The number of carbonyl (C=O) groups excluding carboxylic acids is 1. The lowest BCUT2D eigenvalue weighted by Gasteiger charge is -2.32. The number of amides is 1. The SMILES string of the molecule is Cc1cc(=O)[nH]c(N2CCC(NC(=O)c3ccsc3)CC2)n1. The highest BCUT2D eigenvalue weighted by Gasteiger charge is 2.22. The summed E-state index contributed by atoms with van der Waals surface area (Å²) in [5, 5.41) is 6.82. The molecule has 116 valence electrons.